The number of oxazole rings is 1. The molecule has 0 radical (unpaired) electrons. The van der Waals surface area contributed by atoms with Crippen LogP contribution in [0.25, 0.3) is 0 Å². The highest BCUT2D eigenvalue weighted by Crippen LogP contribution is 2.16. The average molecular weight is 224 g/mol. The van der Waals surface area contributed by atoms with E-state index in [4.69, 9.17) is 9.15 Å². The molecule has 1 fully saturated rings. The Labute approximate surface area is 96.4 Å². The monoisotopic (exact) mass is 224 g/mol. The van der Waals surface area contributed by atoms with Crippen molar-refractivity contribution < 1.29 is 9.15 Å². The van der Waals surface area contributed by atoms with Crippen LogP contribution in [-0.4, -0.2) is 24.7 Å². The summed E-state index contributed by atoms with van der Waals surface area (Å²) >= 11 is 0. The summed E-state index contributed by atoms with van der Waals surface area (Å²) in [4.78, 5) is 4.23. The number of nitrogens with one attached hydrogen (secondary N) is 1. The minimum Gasteiger partial charge on any atom is -0.444 e. The lowest BCUT2D eigenvalue weighted by Gasteiger charge is -2.23. The molecule has 1 unspecified atom stereocenters. The lowest BCUT2D eigenvalue weighted by molar-refractivity contribution is 0.0653. The van der Waals surface area contributed by atoms with Crippen molar-refractivity contribution in [3.63, 3.8) is 0 Å². The maximum atomic E-state index is 5.49. The standard InChI is InChI=1S/C12H20N2O2/c1-9-7-14-12(16-9)10(2)13-8-11-3-5-15-6-4-11/h7,10-11,13H,3-6,8H2,1-2H3. The van der Waals surface area contributed by atoms with Gasteiger partial charge in [0.25, 0.3) is 0 Å². The van der Waals surface area contributed by atoms with E-state index in [9.17, 15) is 0 Å². The van der Waals surface area contributed by atoms with Crippen molar-refractivity contribution >= 4 is 0 Å². The van der Waals surface area contributed by atoms with Gasteiger partial charge in [-0.1, -0.05) is 0 Å². The van der Waals surface area contributed by atoms with E-state index in [1.54, 1.807) is 6.20 Å². The molecule has 0 aromatic carbocycles. The van der Waals surface area contributed by atoms with Crippen LogP contribution in [0.15, 0.2) is 10.6 Å². The first kappa shape index (κ1) is 11.6. The summed E-state index contributed by atoms with van der Waals surface area (Å²) in [5, 5.41) is 3.47. The zero-order valence-corrected chi connectivity index (χ0v) is 10.0. The first-order chi connectivity index (χ1) is 7.75. The van der Waals surface area contributed by atoms with E-state index < -0.39 is 0 Å². The number of nitrogens with zero attached hydrogens (tertiary/aromatic N) is 1. The Hall–Kier alpha value is -0.870. The van der Waals surface area contributed by atoms with Crippen LogP contribution in [0, 0.1) is 12.8 Å². The van der Waals surface area contributed by atoms with Gasteiger partial charge in [-0.05, 0) is 39.2 Å². The van der Waals surface area contributed by atoms with Gasteiger partial charge >= 0.3 is 0 Å². The zero-order chi connectivity index (χ0) is 11.4. The maximum Gasteiger partial charge on any atom is 0.211 e. The molecule has 0 aliphatic carbocycles. The predicted octanol–water partition coefficient (Wildman–Crippen LogP) is 2.06. The molecule has 4 nitrogen and oxygen atoms in total. The lowest BCUT2D eigenvalue weighted by atomic mass is 10.0. The molecule has 1 aliphatic heterocycles. The van der Waals surface area contributed by atoms with Crippen molar-refractivity contribution in [2.24, 2.45) is 5.92 Å². The second kappa shape index (κ2) is 5.46. The fourth-order valence-electron chi connectivity index (χ4n) is 1.95. The van der Waals surface area contributed by atoms with Gasteiger partial charge in [-0.2, -0.15) is 0 Å². The Morgan fingerprint density at radius 1 is 1.50 bits per heavy atom. The van der Waals surface area contributed by atoms with Crippen molar-refractivity contribution in [3.8, 4) is 0 Å². The molecular formula is C12H20N2O2. The molecule has 1 saturated heterocycles. The van der Waals surface area contributed by atoms with Gasteiger partial charge in [0.2, 0.25) is 5.89 Å². The molecule has 90 valence electrons. The lowest BCUT2D eigenvalue weighted by Crippen LogP contribution is -2.29. The fourth-order valence-corrected chi connectivity index (χ4v) is 1.95. The van der Waals surface area contributed by atoms with Crippen molar-refractivity contribution in [3.05, 3.63) is 17.8 Å². The van der Waals surface area contributed by atoms with Crippen molar-refractivity contribution in [1.29, 1.82) is 0 Å². The van der Waals surface area contributed by atoms with E-state index in [2.05, 4.69) is 17.2 Å². The van der Waals surface area contributed by atoms with E-state index >= 15 is 0 Å². The molecule has 16 heavy (non-hydrogen) atoms. The molecule has 2 rings (SSSR count). The summed E-state index contributed by atoms with van der Waals surface area (Å²) in [5.41, 5.74) is 0. The van der Waals surface area contributed by atoms with E-state index in [0.717, 1.165) is 50.2 Å². The van der Waals surface area contributed by atoms with E-state index in [1.807, 2.05) is 6.92 Å². The second-order valence-electron chi connectivity index (χ2n) is 4.49. The Kier molecular flexibility index (Phi) is 3.96. The third-order valence-corrected chi connectivity index (χ3v) is 3.06. The zero-order valence-electron chi connectivity index (χ0n) is 10.0. The Balaban J connectivity index is 1.76. The third-order valence-electron chi connectivity index (χ3n) is 3.06. The highest BCUT2D eigenvalue weighted by atomic mass is 16.5. The van der Waals surface area contributed by atoms with Gasteiger partial charge in [0.15, 0.2) is 0 Å². The average Bonchev–Trinajstić information content (AvgIpc) is 2.74. The molecule has 4 heteroatoms. The normalized spacial score (nSPS) is 19.9. The van der Waals surface area contributed by atoms with Crippen molar-refractivity contribution in [2.45, 2.75) is 32.7 Å². The minimum atomic E-state index is 0.191. The summed E-state index contributed by atoms with van der Waals surface area (Å²) in [6.45, 7) is 6.83. The topological polar surface area (TPSA) is 47.3 Å². The molecule has 0 bridgehead atoms. The number of aromatic nitrogens is 1. The predicted molar refractivity (Wildman–Crippen MR) is 61.2 cm³/mol. The summed E-state index contributed by atoms with van der Waals surface area (Å²) in [6, 6.07) is 0.191. The van der Waals surface area contributed by atoms with Crippen LogP contribution in [0.4, 0.5) is 0 Å². The highest BCUT2D eigenvalue weighted by molar-refractivity contribution is 4.95. The second-order valence-corrected chi connectivity index (χ2v) is 4.49. The number of hydrogen-bond acceptors (Lipinski definition) is 4. The Morgan fingerprint density at radius 3 is 2.88 bits per heavy atom. The van der Waals surface area contributed by atoms with Crippen molar-refractivity contribution in [2.75, 3.05) is 19.8 Å². The van der Waals surface area contributed by atoms with E-state index in [1.165, 1.54) is 0 Å². The SMILES string of the molecule is Cc1cnc(C(C)NCC2CCOCC2)o1. The molecule has 0 saturated carbocycles. The summed E-state index contributed by atoms with van der Waals surface area (Å²) in [7, 11) is 0. The first-order valence-corrected chi connectivity index (χ1v) is 5.99. The van der Waals surface area contributed by atoms with Crippen LogP contribution in [0.5, 0.6) is 0 Å². The Bertz CT molecular complexity index is 319. The van der Waals surface area contributed by atoms with Crippen molar-refractivity contribution in [1.82, 2.24) is 10.3 Å². The van der Waals surface area contributed by atoms with Gasteiger partial charge in [-0.15, -0.1) is 0 Å². The first-order valence-electron chi connectivity index (χ1n) is 5.99. The molecular weight excluding hydrogens is 204 g/mol. The van der Waals surface area contributed by atoms with Gasteiger partial charge in [-0.3, -0.25) is 0 Å². The minimum absolute atomic E-state index is 0.191. The maximum absolute atomic E-state index is 5.49. The van der Waals surface area contributed by atoms with Crippen LogP contribution in [0.1, 0.15) is 37.5 Å². The molecule has 0 amide bonds. The van der Waals surface area contributed by atoms with Gasteiger partial charge in [0.05, 0.1) is 12.2 Å². The van der Waals surface area contributed by atoms with Crippen LogP contribution in [-0.2, 0) is 4.74 Å². The number of hydrogen-bond donors (Lipinski definition) is 1. The molecule has 0 spiro atoms. The quantitative estimate of drug-likeness (QED) is 0.850. The van der Waals surface area contributed by atoms with E-state index in [0.29, 0.717) is 0 Å². The van der Waals surface area contributed by atoms with Crippen LogP contribution >= 0.6 is 0 Å². The largest absolute Gasteiger partial charge is 0.444 e. The van der Waals surface area contributed by atoms with Crippen LogP contribution < -0.4 is 5.32 Å². The number of ether oxygens (including phenoxy) is 1. The van der Waals surface area contributed by atoms with E-state index in [-0.39, 0.29) is 6.04 Å². The summed E-state index contributed by atoms with van der Waals surface area (Å²) in [6.07, 6.45) is 4.08. The fraction of sp³-hybridized carbons (Fsp3) is 0.750. The third kappa shape index (κ3) is 3.06. The smallest absolute Gasteiger partial charge is 0.211 e. The van der Waals surface area contributed by atoms with Crippen LogP contribution in [0.3, 0.4) is 0 Å². The van der Waals surface area contributed by atoms with Gasteiger partial charge in [0, 0.05) is 13.2 Å². The number of rotatable bonds is 4. The molecule has 1 aromatic heterocycles. The molecule has 1 N–H and O–H groups in total. The van der Waals surface area contributed by atoms with Gasteiger partial charge in [0.1, 0.15) is 5.76 Å². The molecule has 1 aliphatic rings. The summed E-state index contributed by atoms with van der Waals surface area (Å²) in [5.74, 6) is 2.38. The Morgan fingerprint density at radius 2 is 2.25 bits per heavy atom. The number of aryl methyl sites for hydroxylation is 1. The highest BCUT2D eigenvalue weighted by Gasteiger charge is 2.16. The van der Waals surface area contributed by atoms with Gasteiger partial charge < -0.3 is 14.5 Å². The summed E-state index contributed by atoms with van der Waals surface area (Å²) < 4.78 is 10.8. The molecule has 2 heterocycles. The van der Waals surface area contributed by atoms with Crippen LogP contribution in [0.2, 0.25) is 0 Å². The van der Waals surface area contributed by atoms with Gasteiger partial charge in [-0.25, -0.2) is 4.98 Å². The molecule has 1 aromatic rings. The molecule has 1 atom stereocenters.